The summed E-state index contributed by atoms with van der Waals surface area (Å²) in [6.45, 7) is 6.77. The standard InChI is InChI=1S/C27H28FN3O5S/c1-5-16-8-11-22-20(13-16)23(19-7-6-12-29-25(19)32)24(26(33)34)31(22)15-17-14-18(9-10-21(17)28)37(35,36)30-27(2,3)4/h6-14,30H,5,15H2,1-4H3,(H,29,32)(H,33,34). The Morgan fingerprint density at radius 3 is 2.49 bits per heavy atom. The van der Waals surface area contributed by atoms with Crippen molar-refractivity contribution in [3.05, 3.63) is 87.7 Å². The number of hydrogen-bond acceptors (Lipinski definition) is 4. The number of aromatic amines is 1. The van der Waals surface area contributed by atoms with Gasteiger partial charge < -0.3 is 14.7 Å². The molecule has 0 radical (unpaired) electrons. The van der Waals surface area contributed by atoms with Crippen LogP contribution in [0.25, 0.3) is 22.0 Å². The van der Waals surface area contributed by atoms with E-state index in [0.29, 0.717) is 17.3 Å². The minimum absolute atomic E-state index is 0.00993. The Morgan fingerprint density at radius 2 is 1.86 bits per heavy atom. The van der Waals surface area contributed by atoms with Gasteiger partial charge in [-0.25, -0.2) is 22.3 Å². The van der Waals surface area contributed by atoms with Crippen LogP contribution in [0, 0.1) is 5.82 Å². The molecule has 0 aliphatic heterocycles. The van der Waals surface area contributed by atoms with Crippen molar-refractivity contribution in [3.8, 4) is 11.1 Å². The Balaban J connectivity index is 1.97. The molecule has 2 heterocycles. The number of sulfonamides is 1. The fraction of sp³-hybridized carbons (Fsp3) is 0.259. The molecule has 0 aliphatic rings. The van der Waals surface area contributed by atoms with Crippen LogP contribution in [-0.4, -0.2) is 34.6 Å². The molecule has 2 aromatic heterocycles. The van der Waals surface area contributed by atoms with Crippen molar-refractivity contribution in [2.45, 2.75) is 51.1 Å². The number of hydrogen-bond donors (Lipinski definition) is 3. The predicted octanol–water partition coefficient (Wildman–Crippen LogP) is 4.52. The second-order valence-electron chi connectivity index (χ2n) is 9.84. The molecule has 4 aromatic rings. The number of carboxylic acid groups (broad SMARTS) is 1. The lowest BCUT2D eigenvalue weighted by Gasteiger charge is -2.20. The number of aryl methyl sites for hydroxylation is 1. The number of aromatic nitrogens is 2. The average Bonchev–Trinajstić information content (AvgIpc) is 3.12. The number of carbonyl (C=O) groups is 1. The second-order valence-corrected chi connectivity index (χ2v) is 11.5. The molecule has 10 heteroatoms. The number of fused-ring (bicyclic) bond motifs is 1. The van der Waals surface area contributed by atoms with Gasteiger partial charge in [-0.05, 0) is 75.2 Å². The van der Waals surface area contributed by atoms with Crippen LogP contribution < -0.4 is 10.3 Å². The topological polar surface area (TPSA) is 121 Å². The van der Waals surface area contributed by atoms with E-state index in [1.54, 1.807) is 32.9 Å². The summed E-state index contributed by atoms with van der Waals surface area (Å²) in [5.41, 5.74) is 0.385. The van der Waals surface area contributed by atoms with Gasteiger partial charge in [0.05, 0.1) is 11.4 Å². The third kappa shape index (κ3) is 5.21. The quantitative estimate of drug-likeness (QED) is 0.328. The first-order chi connectivity index (χ1) is 17.3. The molecular formula is C27H28FN3O5S. The first-order valence-electron chi connectivity index (χ1n) is 11.7. The highest BCUT2D eigenvalue weighted by molar-refractivity contribution is 7.89. The zero-order valence-corrected chi connectivity index (χ0v) is 21.7. The Morgan fingerprint density at radius 1 is 1.14 bits per heavy atom. The van der Waals surface area contributed by atoms with Crippen molar-refractivity contribution < 1.29 is 22.7 Å². The molecule has 0 spiro atoms. The summed E-state index contributed by atoms with van der Waals surface area (Å²) in [6.07, 6.45) is 2.14. The van der Waals surface area contributed by atoms with E-state index < -0.39 is 32.9 Å². The van der Waals surface area contributed by atoms with Crippen molar-refractivity contribution >= 4 is 26.9 Å². The molecule has 3 N–H and O–H groups in total. The van der Waals surface area contributed by atoms with Gasteiger partial charge in [-0.15, -0.1) is 0 Å². The van der Waals surface area contributed by atoms with Crippen LogP contribution >= 0.6 is 0 Å². The lowest BCUT2D eigenvalue weighted by Crippen LogP contribution is -2.40. The normalized spacial score (nSPS) is 12.2. The van der Waals surface area contributed by atoms with E-state index >= 15 is 0 Å². The Hall–Kier alpha value is -3.76. The Kier molecular flexibility index (Phi) is 6.83. The number of pyridine rings is 1. The lowest BCUT2D eigenvalue weighted by molar-refractivity contribution is 0.0687. The molecule has 8 nitrogen and oxygen atoms in total. The fourth-order valence-corrected chi connectivity index (χ4v) is 5.84. The number of carboxylic acids is 1. The van der Waals surface area contributed by atoms with Gasteiger partial charge >= 0.3 is 5.97 Å². The smallest absolute Gasteiger partial charge is 0.353 e. The van der Waals surface area contributed by atoms with E-state index in [1.807, 2.05) is 19.1 Å². The van der Waals surface area contributed by atoms with Crippen LogP contribution in [0.2, 0.25) is 0 Å². The highest BCUT2D eigenvalue weighted by atomic mass is 32.2. The molecule has 2 aromatic carbocycles. The van der Waals surface area contributed by atoms with E-state index in [4.69, 9.17) is 0 Å². The highest BCUT2D eigenvalue weighted by Gasteiger charge is 2.27. The van der Waals surface area contributed by atoms with Gasteiger partial charge in [0, 0.05) is 39.3 Å². The highest BCUT2D eigenvalue weighted by Crippen LogP contribution is 2.35. The van der Waals surface area contributed by atoms with Gasteiger partial charge in [-0.3, -0.25) is 4.79 Å². The van der Waals surface area contributed by atoms with Crippen LogP contribution in [0.1, 0.15) is 49.3 Å². The summed E-state index contributed by atoms with van der Waals surface area (Å²) in [4.78, 5) is 27.7. The summed E-state index contributed by atoms with van der Waals surface area (Å²) in [6, 6.07) is 12.0. The van der Waals surface area contributed by atoms with E-state index in [1.165, 1.54) is 29.0 Å². The number of benzene rings is 2. The molecule has 0 fully saturated rings. The molecule has 0 amide bonds. The maximum absolute atomic E-state index is 15.0. The molecule has 0 bridgehead atoms. The van der Waals surface area contributed by atoms with Gasteiger partial charge in [0.25, 0.3) is 5.56 Å². The van der Waals surface area contributed by atoms with Gasteiger partial charge in [0.15, 0.2) is 0 Å². The van der Waals surface area contributed by atoms with Gasteiger partial charge in [0.1, 0.15) is 11.5 Å². The zero-order valence-electron chi connectivity index (χ0n) is 20.9. The van der Waals surface area contributed by atoms with Gasteiger partial charge in [-0.1, -0.05) is 13.0 Å². The zero-order chi connectivity index (χ0) is 27.1. The number of nitrogens with one attached hydrogen (secondary N) is 2. The number of nitrogens with zero attached hydrogens (tertiary/aromatic N) is 1. The molecular weight excluding hydrogens is 497 g/mol. The van der Waals surface area contributed by atoms with Crippen molar-refractivity contribution in [2.24, 2.45) is 0 Å². The molecule has 4 rings (SSSR count). The monoisotopic (exact) mass is 525 g/mol. The van der Waals surface area contributed by atoms with E-state index in [2.05, 4.69) is 9.71 Å². The summed E-state index contributed by atoms with van der Waals surface area (Å²) >= 11 is 0. The van der Waals surface area contributed by atoms with Crippen molar-refractivity contribution in [1.29, 1.82) is 0 Å². The van der Waals surface area contributed by atoms with Crippen LogP contribution in [0.5, 0.6) is 0 Å². The van der Waals surface area contributed by atoms with Crippen molar-refractivity contribution in [1.82, 2.24) is 14.3 Å². The van der Waals surface area contributed by atoms with E-state index in [9.17, 15) is 27.5 Å². The Labute approximate surface area is 213 Å². The van der Waals surface area contributed by atoms with Gasteiger partial charge in [-0.2, -0.15) is 0 Å². The molecule has 194 valence electrons. The molecule has 0 saturated carbocycles. The van der Waals surface area contributed by atoms with Gasteiger partial charge in [0.2, 0.25) is 10.0 Å². The molecule has 37 heavy (non-hydrogen) atoms. The number of H-pyrrole nitrogens is 1. The molecule has 0 saturated heterocycles. The van der Waals surface area contributed by atoms with Crippen LogP contribution in [0.3, 0.4) is 0 Å². The van der Waals surface area contributed by atoms with E-state index in [-0.39, 0.29) is 33.8 Å². The third-order valence-electron chi connectivity index (χ3n) is 5.92. The second kappa shape index (κ2) is 9.60. The van der Waals surface area contributed by atoms with Crippen molar-refractivity contribution in [2.75, 3.05) is 0 Å². The fourth-order valence-electron chi connectivity index (χ4n) is 4.37. The SMILES string of the molecule is CCc1ccc2c(c1)c(-c1ccc[nH]c1=O)c(C(=O)O)n2Cc1cc(S(=O)(=O)NC(C)(C)C)ccc1F. The number of halogens is 1. The summed E-state index contributed by atoms with van der Waals surface area (Å²) < 4.78 is 44.7. The molecule has 0 unspecified atom stereocenters. The first kappa shape index (κ1) is 26.3. The number of aromatic carboxylic acids is 1. The molecule has 0 atom stereocenters. The largest absolute Gasteiger partial charge is 0.477 e. The average molecular weight is 526 g/mol. The van der Waals surface area contributed by atoms with Crippen LogP contribution in [-0.2, 0) is 23.0 Å². The third-order valence-corrected chi connectivity index (χ3v) is 7.68. The predicted molar refractivity (Wildman–Crippen MR) is 140 cm³/mol. The molecule has 0 aliphatic carbocycles. The lowest BCUT2D eigenvalue weighted by atomic mass is 10.0. The number of rotatable bonds is 7. The first-order valence-corrected chi connectivity index (χ1v) is 13.2. The van der Waals surface area contributed by atoms with Crippen LogP contribution in [0.4, 0.5) is 4.39 Å². The summed E-state index contributed by atoms with van der Waals surface area (Å²) in [5, 5.41) is 10.8. The maximum Gasteiger partial charge on any atom is 0.353 e. The minimum Gasteiger partial charge on any atom is -0.477 e. The van der Waals surface area contributed by atoms with Crippen LogP contribution in [0.15, 0.2) is 64.4 Å². The van der Waals surface area contributed by atoms with Crippen molar-refractivity contribution in [3.63, 3.8) is 0 Å². The Bertz CT molecular complexity index is 1680. The summed E-state index contributed by atoms with van der Waals surface area (Å²) in [5.74, 6) is -1.98. The minimum atomic E-state index is -3.96. The maximum atomic E-state index is 15.0. The summed E-state index contributed by atoms with van der Waals surface area (Å²) in [7, 11) is -3.96. The van der Waals surface area contributed by atoms with E-state index in [0.717, 1.165) is 11.6 Å².